The minimum Gasteiger partial charge on any atom is -0.453 e. The van der Waals surface area contributed by atoms with Gasteiger partial charge >= 0.3 is 6.09 Å². The number of hydrogen-bond acceptors (Lipinski definition) is 7. The maximum Gasteiger partial charge on any atom is 0.407 e. The Bertz CT molecular complexity index is 2300. The number of amides is 3. The molecule has 2 aliphatic heterocycles. The Hall–Kier alpha value is -4.97. The summed E-state index contributed by atoms with van der Waals surface area (Å²) in [6, 6.07) is 5.29. The standard InChI is InChI=1S/C49H64N8O4/c1-27(2)43(50)47(58)56-22-8-7-11-41(56)46-52-37-21-17-32(25-38(37)53-46)33-19-20-34(42-35-18-16-31(35)24-36(33)42)29-12-14-30(15-13-29)39-26-51-45(54-39)40-10-6-9-23-57(40)48(59)44(28(3)4)55-49(60)61-5/h12,14,17,19-21,25-28,31,35-36,40-44H,6-11,13,15-16,18,22-24,50H2,1-5H3,(H,51,54)(H,52,53)(H,55,60). The smallest absolute Gasteiger partial charge is 0.407 e. The third kappa shape index (κ3) is 7.78. The predicted molar refractivity (Wildman–Crippen MR) is 237 cm³/mol. The number of piperidine rings is 2. The molecular formula is C49H64N8O4. The van der Waals surface area contributed by atoms with E-state index in [9.17, 15) is 14.4 Å². The van der Waals surface area contributed by atoms with Gasteiger partial charge in [0.05, 0.1) is 48.2 Å². The van der Waals surface area contributed by atoms with Gasteiger partial charge in [-0.2, -0.15) is 0 Å². The lowest BCUT2D eigenvalue weighted by Crippen LogP contribution is -2.53. The van der Waals surface area contributed by atoms with E-state index in [0.29, 0.717) is 18.4 Å². The van der Waals surface area contributed by atoms with E-state index in [-0.39, 0.29) is 35.7 Å². The number of ether oxygens (including phenoxy) is 1. The Morgan fingerprint density at radius 2 is 1.52 bits per heavy atom. The second-order valence-corrected chi connectivity index (χ2v) is 19.2. The van der Waals surface area contributed by atoms with E-state index in [0.717, 1.165) is 98.1 Å². The third-order valence-corrected chi connectivity index (χ3v) is 15.0. The number of aromatic amines is 2. The number of nitrogens with zero attached hydrogens (tertiary/aromatic N) is 4. The maximum absolute atomic E-state index is 13.8. The topological polar surface area (TPSA) is 162 Å². The van der Waals surface area contributed by atoms with Crippen molar-refractivity contribution >= 4 is 40.1 Å². The van der Waals surface area contributed by atoms with Crippen LogP contribution < -0.4 is 11.1 Å². The number of fused-ring (bicyclic) bond motifs is 4. The lowest BCUT2D eigenvalue weighted by atomic mass is 9.66. The largest absolute Gasteiger partial charge is 0.453 e. The Morgan fingerprint density at radius 3 is 2.20 bits per heavy atom. The molecule has 4 fully saturated rings. The van der Waals surface area contributed by atoms with Crippen LogP contribution in [0, 0.1) is 35.5 Å². The van der Waals surface area contributed by atoms with Crippen molar-refractivity contribution in [2.24, 2.45) is 41.2 Å². The fraction of sp³-hybridized carbons (Fsp3) is 0.571. The summed E-state index contributed by atoms with van der Waals surface area (Å²) in [5.74, 6) is 4.13. The van der Waals surface area contributed by atoms with Gasteiger partial charge in [0.15, 0.2) is 0 Å². The molecule has 3 amide bonds. The number of carbonyl (C=O) groups is 3. The van der Waals surface area contributed by atoms with Gasteiger partial charge in [-0.1, -0.05) is 58.1 Å². The van der Waals surface area contributed by atoms with Crippen LogP contribution in [0.1, 0.15) is 133 Å². The first kappa shape index (κ1) is 41.4. The molecule has 5 N–H and O–H groups in total. The molecule has 2 saturated heterocycles. The van der Waals surface area contributed by atoms with Crippen molar-refractivity contribution in [2.75, 3.05) is 20.2 Å². The van der Waals surface area contributed by atoms with Gasteiger partial charge in [-0.05, 0) is 146 Å². The zero-order valence-corrected chi connectivity index (χ0v) is 36.6. The quantitative estimate of drug-likeness (QED) is 0.159. The molecule has 8 atom stereocenters. The zero-order valence-electron chi connectivity index (χ0n) is 36.6. The van der Waals surface area contributed by atoms with Gasteiger partial charge < -0.3 is 35.6 Å². The second kappa shape index (κ2) is 17.1. The fourth-order valence-electron chi connectivity index (χ4n) is 11.4. The number of imidazole rings is 2. The van der Waals surface area contributed by atoms with E-state index >= 15 is 0 Å². The highest BCUT2D eigenvalue weighted by molar-refractivity contribution is 5.87. The second-order valence-electron chi connectivity index (χ2n) is 19.2. The number of nitrogens with two attached hydrogens (primary N) is 1. The average molecular weight is 829 g/mol. The minimum absolute atomic E-state index is 0.0251. The first-order valence-corrected chi connectivity index (χ1v) is 23.1. The molecule has 2 aromatic heterocycles. The molecule has 9 rings (SSSR count). The van der Waals surface area contributed by atoms with Crippen LogP contribution in [0.15, 0.2) is 59.8 Å². The molecule has 4 heterocycles. The number of alkyl carbamates (subject to hydrolysis) is 1. The van der Waals surface area contributed by atoms with Gasteiger partial charge in [-0.25, -0.2) is 14.8 Å². The summed E-state index contributed by atoms with van der Waals surface area (Å²) >= 11 is 0. The first-order chi connectivity index (χ1) is 29.5. The van der Waals surface area contributed by atoms with Crippen LogP contribution in [-0.4, -0.2) is 79.9 Å². The molecule has 0 spiro atoms. The average Bonchev–Trinajstić information content (AvgIpc) is 4.00. The Morgan fingerprint density at radius 1 is 0.820 bits per heavy atom. The molecule has 8 unspecified atom stereocenters. The molecule has 6 aliphatic rings. The van der Waals surface area contributed by atoms with Gasteiger partial charge in [-0.15, -0.1) is 0 Å². The van der Waals surface area contributed by atoms with Crippen LogP contribution in [-0.2, 0) is 14.3 Å². The summed E-state index contributed by atoms with van der Waals surface area (Å²) in [5, 5.41) is 2.76. The van der Waals surface area contributed by atoms with Gasteiger partial charge in [0.2, 0.25) is 11.8 Å². The molecule has 2 saturated carbocycles. The lowest BCUT2D eigenvalue weighted by Gasteiger charge is -2.38. The molecule has 12 nitrogen and oxygen atoms in total. The maximum atomic E-state index is 13.8. The number of nitrogens with one attached hydrogen (secondary N) is 3. The number of allylic oxidation sites excluding steroid dienone is 8. The number of likely N-dealkylation sites (tertiary alicyclic amines) is 2. The van der Waals surface area contributed by atoms with Crippen molar-refractivity contribution < 1.29 is 19.1 Å². The van der Waals surface area contributed by atoms with E-state index in [1.165, 1.54) is 54.2 Å². The fourth-order valence-corrected chi connectivity index (χ4v) is 11.4. The first-order valence-electron chi connectivity index (χ1n) is 23.1. The van der Waals surface area contributed by atoms with Crippen LogP contribution in [0.25, 0.3) is 22.2 Å². The van der Waals surface area contributed by atoms with E-state index in [1.807, 2.05) is 43.7 Å². The SMILES string of the molecule is COC(=O)NC(C(=O)N1CCCCC1c1ncc(C2=CC=C(C3=CC=C(c4ccc5nc(C6CCCCN6C(=O)C(N)C(C)C)[nH]c5c4)C4CC5CCC5C34)CC2)[nH]1)C(C)C. The molecule has 0 radical (unpaired) electrons. The number of benzene rings is 1. The molecule has 0 bridgehead atoms. The monoisotopic (exact) mass is 829 g/mol. The lowest BCUT2D eigenvalue weighted by molar-refractivity contribution is -0.139. The van der Waals surface area contributed by atoms with Crippen LogP contribution in [0.5, 0.6) is 0 Å². The summed E-state index contributed by atoms with van der Waals surface area (Å²) < 4.78 is 4.83. The Balaban J connectivity index is 0.945. The summed E-state index contributed by atoms with van der Waals surface area (Å²) in [7, 11) is 1.32. The molecular weight excluding hydrogens is 765 g/mol. The molecule has 324 valence electrons. The van der Waals surface area contributed by atoms with Gasteiger partial charge in [-0.3, -0.25) is 9.59 Å². The van der Waals surface area contributed by atoms with Crippen LogP contribution in [0.3, 0.4) is 0 Å². The van der Waals surface area contributed by atoms with Crippen LogP contribution >= 0.6 is 0 Å². The van der Waals surface area contributed by atoms with Crippen molar-refractivity contribution in [1.29, 1.82) is 0 Å². The molecule has 61 heavy (non-hydrogen) atoms. The predicted octanol–water partition coefficient (Wildman–Crippen LogP) is 8.55. The van der Waals surface area contributed by atoms with Crippen molar-refractivity contribution in [1.82, 2.24) is 35.1 Å². The minimum atomic E-state index is -0.665. The van der Waals surface area contributed by atoms with Crippen molar-refractivity contribution in [3.63, 3.8) is 0 Å². The number of aromatic nitrogens is 4. The number of carbonyl (C=O) groups excluding carboxylic acids is 3. The van der Waals surface area contributed by atoms with E-state index in [4.69, 9.17) is 20.4 Å². The van der Waals surface area contributed by atoms with Crippen molar-refractivity contribution in [2.45, 2.75) is 122 Å². The highest BCUT2D eigenvalue weighted by Crippen LogP contribution is 2.61. The normalized spacial score (nSPS) is 27.3. The van der Waals surface area contributed by atoms with Crippen LogP contribution in [0.2, 0.25) is 0 Å². The number of H-pyrrole nitrogens is 2. The Labute approximate surface area is 359 Å². The van der Waals surface area contributed by atoms with Crippen LogP contribution in [0.4, 0.5) is 4.79 Å². The number of methoxy groups -OCH3 is 1. The van der Waals surface area contributed by atoms with Gasteiger partial charge in [0.1, 0.15) is 17.7 Å². The summed E-state index contributed by atoms with van der Waals surface area (Å²) in [6.07, 6.45) is 22.3. The van der Waals surface area contributed by atoms with E-state index in [2.05, 4.69) is 57.8 Å². The van der Waals surface area contributed by atoms with E-state index < -0.39 is 18.2 Å². The third-order valence-electron chi connectivity index (χ3n) is 15.0. The summed E-state index contributed by atoms with van der Waals surface area (Å²) in [5.41, 5.74) is 16.2. The van der Waals surface area contributed by atoms with E-state index in [1.54, 1.807) is 0 Å². The van der Waals surface area contributed by atoms with Crippen molar-refractivity contribution in [3.05, 3.63) is 82.8 Å². The highest BCUT2D eigenvalue weighted by Gasteiger charge is 2.51. The summed E-state index contributed by atoms with van der Waals surface area (Å²) in [6.45, 7) is 9.25. The van der Waals surface area contributed by atoms with Gasteiger partial charge in [0.25, 0.3) is 0 Å². The molecule has 4 aliphatic carbocycles. The number of hydrogen-bond donors (Lipinski definition) is 4. The summed E-state index contributed by atoms with van der Waals surface area (Å²) in [4.78, 5) is 60.4. The molecule has 12 heteroatoms. The van der Waals surface area contributed by atoms with Crippen molar-refractivity contribution in [3.8, 4) is 0 Å². The molecule has 1 aromatic carbocycles. The van der Waals surface area contributed by atoms with Gasteiger partial charge in [0, 0.05) is 13.1 Å². The molecule has 3 aromatic rings. The highest BCUT2D eigenvalue weighted by atomic mass is 16.5. The number of rotatable bonds is 10. The zero-order chi connectivity index (χ0) is 42.5. The Kier molecular flexibility index (Phi) is 11.6.